The largest absolute Gasteiger partial charge is 0.367 e. The summed E-state index contributed by atoms with van der Waals surface area (Å²) in [7, 11) is 3.76. The molecule has 12 heteroatoms. The van der Waals surface area contributed by atoms with Crippen molar-refractivity contribution < 1.29 is 9.90 Å². The summed E-state index contributed by atoms with van der Waals surface area (Å²) in [5.74, 6) is 0.512. The van der Waals surface area contributed by atoms with Crippen LogP contribution < -0.4 is 21.3 Å². The van der Waals surface area contributed by atoms with Gasteiger partial charge in [-0.15, -0.1) is 0 Å². The molecule has 0 saturated heterocycles. The van der Waals surface area contributed by atoms with Gasteiger partial charge in [0, 0.05) is 75.6 Å². The number of hydrogen-bond donors (Lipinski definition) is 5. The van der Waals surface area contributed by atoms with Gasteiger partial charge in [0.25, 0.3) is 5.91 Å². The fourth-order valence-corrected chi connectivity index (χ4v) is 6.02. The number of nitrogens with zero attached hydrogens (tertiary/aromatic N) is 4. The molecule has 0 bridgehead atoms. The highest BCUT2D eigenvalue weighted by molar-refractivity contribution is 6.39. The van der Waals surface area contributed by atoms with Gasteiger partial charge in [-0.05, 0) is 12.1 Å². The van der Waals surface area contributed by atoms with E-state index in [1.807, 2.05) is 47.5 Å². The molecule has 10 nitrogen and oxygen atoms in total. The Labute approximate surface area is 241 Å². The molecule has 40 heavy (non-hydrogen) atoms. The van der Waals surface area contributed by atoms with Crippen LogP contribution in [0.5, 0.6) is 0 Å². The Hall–Kier alpha value is -3.41. The maximum atomic E-state index is 13.2. The van der Waals surface area contributed by atoms with Crippen LogP contribution in [0.2, 0.25) is 10.0 Å². The number of rotatable bonds is 6. The molecule has 208 valence electrons. The molecule has 2 aliphatic rings. The van der Waals surface area contributed by atoms with Crippen LogP contribution in [0.4, 0.5) is 11.4 Å². The molecule has 4 heterocycles. The third-order valence-electron chi connectivity index (χ3n) is 7.57. The molecule has 0 fully saturated rings. The summed E-state index contributed by atoms with van der Waals surface area (Å²) in [5, 5.41) is 24.3. The molecule has 1 amide bonds. The Morgan fingerprint density at radius 3 is 2.10 bits per heavy atom. The topological polar surface area (TPSA) is 121 Å². The number of anilines is 2. The predicted molar refractivity (Wildman–Crippen MR) is 156 cm³/mol. The number of aromatic nitrogens is 4. The van der Waals surface area contributed by atoms with E-state index >= 15 is 0 Å². The van der Waals surface area contributed by atoms with E-state index in [9.17, 15) is 9.90 Å². The maximum Gasteiger partial charge on any atom is 0.291 e. The quantitative estimate of drug-likeness (QED) is 0.220. The lowest BCUT2D eigenvalue weighted by molar-refractivity contribution is 0.101. The fourth-order valence-electron chi connectivity index (χ4n) is 5.46. The van der Waals surface area contributed by atoms with Gasteiger partial charge in [0.15, 0.2) is 17.9 Å². The Bertz CT molecular complexity index is 1610. The first-order chi connectivity index (χ1) is 19.3. The summed E-state index contributed by atoms with van der Waals surface area (Å²) in [6.07, 6.45) is 0.607. The number of carbonyl (C=O) groups excluding carboxylic acids is 1. The number of hydrogen-bond acceptors (Lipinski definition) is 7. The Morgan fingerprint density at radius 2 is 1.48 bits per heavy atom. The fraction of sp³-hybridized carbons (Fsp3) is 0.321. The number of fused-ring (bicyclic) bond motifs is 2. The summed E-state index contributed by atoms with van der Waals surface area (Å²) in [6, 6.07) is 10.9. The van der Waals surface area contributed by atoms with E-state index in [-0.39, 0.29) is 5.91 Å². The summed E-state index contributed by atoms with van der Waals surface area (Å²) in [6.45, 7) is 3.06. The van der Waals surface area contributed by atoms with Crippen molar-refractivity contribution in [2.45, 2.75) is 32.2 Å². The van der Waals surface area contributed by atoms with E-state index in [2.05, 4.69) is 31.2 Å². The van der Waals surface area contributed by atoms with Gasteiger partial charge in [-0.2, -0.15) is 0 Å². The van der Waals surface area contributed by atoms with Crippen molar-refractivity contribution in [1.29, 1.82) is 0 Å². The van der Waals surface area contributed by atoms with Crippen molar-refractivity contribution in [2.75, 3.05) is 23.7 Å². The Balaban J connectivity index is 1.25. The van der Waals surface area contributed by atoms with Gasteiger partial charge in [-0.25, -0.2) is 9.97 Å². The summed E-state index contributed by atoms with van der Waals surface area (Å²) in [5.41, 5.74) is 6.28. The number of nitrogens with one attached hydrogen (secondary N) is 4. The van der Waals surface area contributed by atoms with E-state index in [0.717, 1.165) is 48.7 Å². The number of aliphatic hydroxyl groups excluding tert-OH is 1. The molecule has 2 aliphatic heterocycles. The van der Waals surface area contributed by atoms with Gasteiger partial charge in [-0.3, -0.25) is 4.79 Å². The van der Waals surface area contributed by atoms with Gasteiger partial charge in [0.1, 0.15) is 0 Å². The molecule has 0 radical (unpaired) electrons. The van der Waals surface area contributed by atoms with Gasteiger partial charge < -0.3 is 35.5 Å². The first kappa shape index (κ1) is 26.8. The van der Waals surface area contributed by atoms with Crippen molar-refractivity contribution >= 4 is 40.5 Å². The molecule has 2 aromatic carbocycles. The van der Waals surface area contributed by atoms with Gasteiger partial charge in [0.2, 0.25) is 0 Å². The zero-order valence-corrected chi connectivity index (χ0v) is 23.7. The zero-order chi connectivity index (χ0) is 28.0. The number of amides is 1. The van der Waals surface area contributed by atoms with Crippen LogP contribution >= 0.6 is 23.2 Å². The molecule has 0 saturated carbocycles. The third-order valence-corrected chi connectivity index (χ3v) is 8.38. The van der Waals surface area contributed by atoms with Crippen LogP contribution in [-0.4, -0.2) is 43.2 Å². The average Bonchev–Trinajstić information content (AvgIpc) is 3.48. The van der Waals surface area contributed by atoms with E-state index in [1.54, 1.807) is 12.1 Å². The van der Waals surface area contributed by atoms with Crippen molar-refractivity contribution in [1.82, 2.24) is 29.7 Å². The molecule has 0 spiro atoms. The van der Waals surface area contributed by atoms with Crippen LogP contribution in [0.3, 0.4) is 0 Å². The molecule has 0 aliphatic carbocycles. The smallest absolute Gasteiger partial charge is 0.291 e. The summed E-state index contributed by atoms with van der Waals surface area (Å²) in [4.78, 5) is 22.4. The second-order valence-electron chi connectivity index (χ2n) is 10.00. The van der Waals surface area contributed by atoms with E-state index < -0.39 is 6.23 Å². The number of aliphatic hydroxyl groups is 1. The lowest BCUT2D eigenvalue weighted by atomic mass is 10.0. The number of imidazole rings is 2. The third kappa shape index (κ3) is 4.76. The first-order valence-corrected chi connectivity index (χ1v) is 13.9. The molecule has 1 atom stereocenters. The lowest BCUT2D eigenvalue weighted by Crippen LogP contribution is -2.24. The molecular formula is C28H30Cl2N8O2. The van der Waals surface area contributed by atoms with E-state index in [0.29, 0.717) is 57.3 Å². The predicted octanol–water partition coefficient (Wildman–Crippen LogP) is 3.77. The summed E-state index contributed by atoms with van der Waals surface area (Å²) < 4.78 is 3.78. The highest BCUT2D eigenvalue weighted by Gasteiger charge is 2.25. The normalized spacial score (nSPS) is 15.3. The highest BCUT2D eigenvalue weighted by Crippen LogP contribution is 2.41. The average molecular weight is 582 g/mol. The molecule has 6 rings (SSSR count). The lowest BCUT2D eigenvalue weighted by Gasteiger charge is -2.18. The van der Waals surface area contributed by atoms with E-state index in [1.165, 1.54) is 0 Å². The molecule has 4 aromatic rings. The van der Waals surface area contributed by atoms with Crippen molar-refractivity contribution in [3.8, 4) is 11.1 Å². The zero-order valence-electron chi connectivity index (χ0n) is 22.2. The molecule has 2 aromatic heterocycles. The SMILES string of the molecule is Cn1c(C(=O)Nc2cccc(-c3cccc(NC(O)c4nc5c(n4C)CCNC5)c3Cl)c2Cl)nc2c1CCNC2. The first-order valence-electron chi connectivity index (χ1n) is 13.2. The van der Waals surface area contributed by atoms with Crippen molar-refractivity contribution in [2.24, 2.45) is 14.1 Å². The van der Waals surface area contributed by atoms with Gasteiger partial charge in [-0.1, -0.05) is 47.5 Å². The van der Waals surface area contributed by atoms with Crippen molar-refractivity contribution in [3.05, 3.63) is 80.9 Å². The minimum Gasteiger partial charge on any atom is -0.367 e. The van der Waals surface area contributed by atoms with Crippen LogP contribution in [0, 0.1) is 0 Å². The molecule has 5 N–H and O–H groups in total. The minimum absolute atomic E-state index is 0.333. The Kier molecular flexibility index (Phi) is 7.28. The molecule has 1 unspecified atom stereocenters. The van der Waals surface area contributed by atoms with Crippen LogP contribution in [-0.2, 0) is 40.0 Å². The number of carbonyl (C=O) groups is 1. The van der Waals surface area contributed by atoms with E-state index in [4.69, 9.17) is 23.2 Å². The maximum absolute atomic E-state index is 13.2. The van der Waals surface area contributed by atoms with Crippen LogP contribution in [0.1, 0.15) is 45.4 Å². The monoisotopic (exact) mass is 580 g/mol. The number of halogens is 2. The van der Waals surface area contributed by atoms with Crippen molar-refractivity contribution in [3.63, 3.8) is 0 Å². The summed E-state index contributed by atoms with van der Waals surface area (Å²) >= 11 is 13.7. The van der Waals surface area contributed by atoms with Gasteiger partial charge >= 0.3 is 0 Å². The van der Waals surface area contributed by atoms with Crippen LogP contribution in [0.25, 0.3) is 11.1 Å². The second-order valence-corrected chi connectivity index (χ2v) is 10.8. The second kappa shape index (κ2) is 10.9. The van der Waals surface area contributed by atoms with Crippen LogP contribution in [0.15, 0.2) is 36.4 Å². The molecular weight excluding hydrogens is 551 g/mol. The highest BCUT2D eigenvalue weighted by atomic mass is 35.5. The number of benzene rings is 2. The minimum atomic E-state index is -1.07. The Morgan fingerprint density at radius 1 is 0.900 bits per heavy atom. The standard InChI is InChI=1S/C28H30Cl2N8O2/c1-37-21-9-11-31-13-19(21)33-25(37)27(39)35-17-7-3-5-15(23(17)29)16-6-4-8-18(24(16)30)36-28(40)26-34-20-14-32-12-10-22(20)38(26)2/h3-8,27,31-32,35,39H,9-14H2,1-2H3,(H,36,40). The van der Waals surface area contributed by atoms with Gasteiger partial charge in [0.05, 0.1) is 32.8 Å².